The Labute approximate surface area is 178 Å². The van der Waals surface area contributed by atoms with Crippen LogP contribution in [0.5, 0.6) is 5.75 Å². The van der Waals surface area contributed by atoms with E-state index >= 15 is 0 Å². The van der Waals surface area contributed by atoms with Crippen LogP contribution in [-0.2, 0) is 21.4 Å². The fraction of sp³-hybridized carbons (Fsp3) is 0.350. The number of halogens is 3. The summed E-state index contributed by atoms with van der Waals surface area (Å²) in [5.74, 6) is -0.701. The number of carbonyl (C=O) groups is 1. The lowest BCUT2D eigenvalue weighted by atomic mass is 10.1. The first-order valence-corrected chi connectivity index (χ1v) is 10.8. The van der Waals surface area contributed by atoms with Gasteiger partial charge in [0.1, 0.15) is 5.75 Å². The first-order chi connectivity index (χ1) is 14.6. The molecule has 0 atom stereocenters. The fourth-order valence-corrected chi connectivity index (χ4v) is 4.61. The minimum atomic E-state index is -4.85. The van der Waals surface area contributed by atoms with Gasteiger partial charge >= 0.3 is 6.36 Å². The number of amides is 1. The average molecular weight is 458 g/mol. The van der Waals surface area contributed by atoms with Crippen LogP contribution in [0.4, 0.5) is 13.2 Å². The van der Waals surface area contributed by atoms with Gasteiger partial charge in [0.2, 0.25) is 10.0 Å². The maximum absolute atomic E-state index is 12.8. The van der Waals surface area contributed by atoms with Gasteiger partial charge in [-0.15, -0.1) is 13.2 Å². The molecule has 168 valence electrons. The molecule has 0 aromatic heterocycles. The number of ether oxygens (including phenoxy) is 2. The van der Waals surface area contributed by atoms with Gasteiger partial charge in [-0.05, 0) is 42.0 Å². The van der Waals surface area contributed by atoms with Gasteiger partial charge in [0, 0.05) is 38.9 Å². The molecule has 0 bridgehead atoms. The Hall–Kier alpha value is -2.63. The molecule has 1 amide bonds. The van der Waals surface area contributed by atoms with Crippen molar-refractivity contribution in [2.24, 2.45) is 0 Å². The third-order valence-electron chi connectivity index (χ3n) is 4.73. The number of benzene rings is 2. The van der Waals surface area contributed by atoms with Crippen molar-refractivity contribution in [2.45, 2.75) is 17.9 Å². The minimum Gasteiger partial charge on any atom is -0.406 e. The van der Waals surface area contributed by atoms with E-state index < -0.39 is 22.1 Å². The predicted octanol–water partition coefficient (Wildman–Crippen LogP) is 2.88. The minimum absolute atomic E-state index is 0.0800. The number of hydrogen-bond acceptors (Lipinski definition) is 5. The van der Waals surface area contributed by atoms with Gasteiger partial charge in [0.05, 0.1) is 11.5 Å². The highest BCUT2D eigenvalue weighted by Gasteiger charge is 2.32. The smallest absolute Gasteiger partial charge is 0.406 e. The number of hydrogen-bond donors (Lipinski definition) is 0. The van der Waals surface area contributed by atoms with E-state index in [-0.39, 0.29) is 37.0 Å². The van der Waals surface area contributed by atoms with Gasteiger partial charge in [-0.2, -0.15) is 4.31 Å². The Balaban J connectivity index is 1.62. The third kappa shape index (κ3) is 5.75. The summed E-state index contributed by atoms with van der Waals surface area (Å²) in [5.41, 5.74) is 1.43. The van der Waals surface area contributed by atoms with Gasteiger partial charge in [0.15, 0.2) is 0 Å². The zero-order valence-corrected chi connectivity index (χ0v) is 17.4. The lowest BCUT2D eigenvalue weighted by Crippen LogP contribution is -2.50. The van der Waals surface area contributed by atoms with Crippen LogP contribution in [0.1, 0.15) is 15.9 Å². The molecule has 0 saturated carbocycles. The molecule has 0 spiro atoms. The maximum atomic E-state index is 12.8. The second-order valence-electron chi connectivity index (χ2n) is 6.85. The van der Waals surface area contributed by atoms with E-state index in [1.807, 2.05) is 0 Å². The number of sulfonamides is 1. The monoisotopic (exact) mass is 458 g/mol. The molecule has 1 saturated heterocycles. The standard InChI is InChI=1S/C20H21F3N2O5S/c1-29-14-15-2-4-16(5-3-15)19(26)24-10-12-25(13-11-24)31(27,28)18-8-6-17(7-9-18)30-20(21,22)23/h2-9H,10-14H2,1H3. The summed E-state index contributed by atoms with van der Waals surface area (Å²) < 4.78 is 72.3. The van der Waals surface area contributed by atoms with E-state index in [4.69, 9.17) is 4.74 Å². The zero-order valence-electron chi connectivity index (χ0n) is 16.6. The van der Waals surface area contributed by atoms with Gasteiger partial charge in [-0.25, -0.2) is 8.42 Å². The predicted molar refractivity (Wildman–Crippen MR) is 105 cm³/mol. The molecule has 2 aromatic carbocycles. The van der Waals surface area contributed by atoms with Gasteiger partial charge < -0.3 is 14.4 Å². The largest absolute Gasteiger partial charge is 0.573 e. The molecule has 11 heteroatoms. The summed E-state index contributed by atoms with van der Waals surface area (Å²) in [7, 11) is -2.32. The van der Waals surface area contributed by atoms with Crippen LogP contribution >= 0.6 is 0 Å². The van der Waals surface area contributed by atoms with Crippen molar-refractivity contribution < 1.29 is 35.9 Å². The van der Waals surface area contributed by atoms with Crippen LogP contribution in [0.3, 0.4) is 0 Å². The lowest BCUT2D eigenvalue weighted by Gasteiger charge is -2.34. The van der Waals surface area contributed by atoms with Crippen LogP contribution in [0.2, 0.25) is 0 Å². The highest BCUT2D eigenvalue weighted by Crippen LogP contribution is 2.25. The Kier molecular flexibility index (Phi) is 6.87. The van der Waals surface area contributed by atoms with Crippen molar-refractivity contribution in [1.29, 1.82) is 0 Å². The molecule has 3 rings (SSSR count). The molecule has 0 aliphatic carbocycles. The number of rotatable bonds is 6. The molecular formula is C20H21F3N2O5S. The van der Waals surface area contributed by atoms with Crippen molar-refractivity contribution in [1.82, 2.24) is 9.21 Å². The average Bonchev–Trinajstić information content (AvgIpc) is 2.73. The first-order valence-electron chi connectivity index (χ1n) is 9.33. The first kappa shape index (κ1) is 23.0. The molecular weight excluding hydrogens is 437 g/mol. The van der Waals surface area contributed by atoms with Crippen LogP contribution in [0, 0.1) is 0 Å². The van der Waals surface area contributed by atoms with Crippen LogP contribution in [0.25, 0.3) is 0 Å². The molecule has 1 aliphatic rings. The van der Waals surface area contributed by atoms with E-state index in [1.54, 1.807) is 36.3 Å². The maximum Gasteiger partial charge on any atom is 0.573 e. The number of methoxy groups -OCH3 is 1. The zero-order chi connectivity index (χ0) is 22.6. The highest BCUT2D eigenvalue weighted by molar-refractivity contribution is 7.89. The van der Waals surface area contributed by atoms with Crippen LogP contribution < -0.4 is 4.74 Å². The Morgan fingerprint density at radius 3 is 2.06 bits per heavy atom. The van der Waals surface area contributed by atoms with Crippen molar-refractivity contribution in [3.63, 3.8) is 0 Å². The molecule has 1 aliphatic heterocycles. The Morgan fingerprint density at radius 2 is 1.55 bits per heavy atom. The highest BCUT2D eigenvalue weighted by atomic mass is 32.2. The molecule has 0 radical (unpaired) electrons. The van der Waals surface area contributed by atoms with E-state index in [1.165, 1.54) is 4.31 Å². The van der Waals surface area contributed by atoms with Crippen molar-refractivity contribution >= 4 is 15.9 Å². The second-order valence-corrected chi connectivity index (χ2v) is 8.78. The summed E-state index contributed by atoms with van der Waals surface area (Å²) in [6.07, 6.45) is -4.85. The lowest BCUT2D eigenvalue weighted by molar-refractivity contribution is -0.274. The molecule has 7 nitrogen and oxygen atoms in total. The van der Waals surface area contributed by atoms with E-state index in [0.717, 1.165) is 29.8 Å². The van der Waals surface area contributed by atoms with E-state index in [0.29, 0.717) is 12.2 Å². The number of nitrogens with zero attached hydrogens (tertiary/aromatic N) is 2. The summed E-state index contributed by atoms with van der Waals surface area (Å²) in [5, 5.41) is 0. The van der Waals surface area contributed by atoms with Crippen LogP contribution in [0.15, 0.2) is 53.4 Å². The van der Waals surface area contributed by atoms with Crippen molar-refractivity contribution in [3.05, 3.63) is 59.7 Å². The van der Waals surface area contributed by atoms with Gasteiger partial charge in [-0.3, -0.25) is 4.79 Å². The molecule has 1 heterocycles. The topological polar surface area (TPSA) is 76.2 Å². The number of piperazine rings is 1. The van der Waals surface area contributed by atoms with Gasteiger partial charge in [0.25, 0.3) is 5.91 Å². The normalized spacial score (nSPS) is 15.7. The molecule has 31 heavy (non-hydrogen) atoms. The van der Waals surface area contributed by atoms with E-state index in [2.05, 4.69) is 4.74 Å². The number of alkyl halides is 3. The third-order valence-corrected chi connectivity index (χ3v) is 6.65. The van der Waals surface area contributed by atoms with Crippen molar-refractivity contribution in [2.75, 3.05) is 33.3 Å². The quantitative estimate of drug-likeness (QED) is 0.666. The molecule has 2 aromatic rings. The summed E-state index contributed by atoms with van der Waals surface area (Å²) in [4.78, 5) is 14.1. The molecule has 0 unspecified atom stereocenters. The Morgan fingerprint density at radius 1 is 0.968 bits per heavy atom. The number of carbonyl (C=O) groups excluding carboxylic acids is 1. The molecule has 0 N–H and O–H groups in total. The van der Waals surface area contributed by atoms with Gasteiger partial charge in [-0.1, -0.05) is 12.1 Å². The fourth-order valence-electron chi connectivity index (χ4n) is 3.19. The van der Waals surface area contributed by atoms with Crippen molar-refractivity contribution in [3.8, 4) is 5.75 Å². The van der Waals surface area contributed by atoms with Crippen LogP contribution in [-0.4, -0.2) is 63.2 Å². The summed E-state index contributed by atoms with van der Waals surface area (Å²) >= 11 is 0. The second kappa shape index (κ2) is 9.25. The molecule has 1 fully saturated rings. The summed E-state index contributed by atoms with van der Waals surface area (Å²) in [6, 6.07) is 11.0. The summed E-state index contributed by atoms with van der Waals surface area (Å²) in [6.45, 7) is 1.00. The Bertz CT molecular complexity index is 1000. The van der Waals surface area contributed by atoms with E-state index in [9.17, 15) is 26.4 Å². The SMILES string of the molecule is COCc1ccc(C(=O)N2CCN(S(=O)(=O)c3ccc(OC(F)(F)F)cc3)CC2)cc1.